The monoisotopic (exact) mass is 455 g/mol. The van der Waals surface area contributed by atoms with Crippen molar-refractivity contribution in [3.63, 3.8) is 0 Å². The zero-order valence-electron chi connectivity index (χ0n) is 15.0. The molecule has 4 rings (SSSR count). The van der Waals surface area contributed by atoms with E-state index in [1.807, 2.05) is 0 Å². The largest absolute Gasteiger partial charge is 0.477 e. The molecule has 1 saturated heterocycles. The predicted octanol–water partition coefficient (Wildman–Crippen LogP) is 2.40. The summed E-state index contributed by atoms with van der Waals surface area (Å²) in [5, 5.41) is 8.71. The van der Waals surface area contributed by atoms with Gasteiger partial charge in [-0.3, -0.25) is 9.36 Å². The van der Waals surface area contributed by atoms with Crippen molar-refractivity contribution in [3.8, 4) is 5.82 Å². The Morgan fingerprint density at radius 2 is 1.90 bits per heavy atom. The average Bonchev–Trinajstić information content (AvgIpc) is 2.64. The molecule has 3 heterocycles. The summed E-state index contributed by atoms with van der Waals surface area (Å²) in [7, 11) is 0. The van der Waals surface area contributed by atoms with Crippen LogP contribution in [0.5, 0.6) is 0 Å². The van der Waals surface area contributed by atoms with Crippen LogP contribution in [0.1, 0.15) is 10.4 Å². The van der Waals surface area contributed by atoms with Crippen molar-refractivity contribution < 1.29 is 18.7 Å². The van der Waals surface area contributed by atoms with Crippen LogP contribution in [0, 0.1) is 11.6 Å². The first-order valence-corrected chi connectivity index (χ1v) is 9.28. The third-order valence-electron chi connectivity index (χ3n) is 4.78. The first kappa shape index (κ1) is 20.3. The number of halogens is 4. The van der Waals surface area contributed by atoms with Crippen LogP contribution in [0.15, 0.2) is 23.1 Å². The number of rotatable bonds is 3. The van der Waals surface area contributed by atoms with Gasteiger partial charge in [0.15, 0.2) is 17.5 Å². The Hall–Kier alpha value is -2.95. The number of anilines is 2. The van der Waals surface area contributed by atoms with Gasteiger partial charge in [0.25, 0.3) is 0 Å². The number of aromatic carboxylic acids is 1. The normalized spacial score (nSPS) is 14.2. The molecule has 0 atom stereocenters. The Kier molecular flexibility index (Phi) is 4.80. The highest BCUT2D eigenvalue weighted by molar-refractivity contribution is 6.38. The summed E-state index contributed by atoms with van der Waals surface area (Å²) in [4.78, 5) is 29.7. The highest BCUT2D eigenvalue weighted by atomic mass is 35.5. The fourth-order valence-corrected chi connectivity index (χ4v) is 3.98. The quantitative estimate of drug-likeness (QED) is 0.552. The number of carboxylic acids is 1. The van der Waals surface area contributed by atoms with Crippen LogP contribution in [-0.2, 0) is 0 Å². The van der Waals surface area contributed by atoms with Crippen molar-refractivity contribution in [2.45, 2.75) is 6.04 Å². The molecule has 0 saturated carbocycles. The highest BCUT2D eigenvalue weighted by Gasteiger charge is 2.31. The lowest BCUT2D eigenvalue weighted by molar-refractivity contribution is 0.0695. The Morgan fingerprint density at radius 1 is 1.23 bits per heavy atom. The number of aromatic nitrogens is 2. The van der Waals surface area contributed by atoms with Crippen molar-refractivity contribution in [1.29, 1.82) is 0 Å². The first-order chi connectivity index (χ1) is 14.1. The molecular formula is C18H13Cl2F2N5O3. The molecular weight excluding hydrogens is 443 g/mol. The number of pyridine rings is 2. The fourth-order valence-electron chi connectivity index (χ4n) is 3.35. The lowest BCUT2D eigenvalue weighted by Crippen LogP contribution is -2.56. The molecule has 1 aliphatic rings. The molecule has 5 N–H and O–H groups in total. The van der Waals surface area contributed by atoms with E-state index >= 15 is 0 Å². The van der Waals surface area contributed by atoms with Crippen LogP contribution in [0.3, 0.4) is 0 Å². The van der Waals surface area contributed by atoms with E-state index in [-0.39, 0.29) is 38.5 Å². The van der Waals surface area contributed by atoms with Gasteiger partial charge in [-0.15, -0.1) is 0 Å². The molecule has 0 spiro atoms. The van der Waals surface area contributed by atoms with E-state index < -0.39 is 34.4 Å². The molecule has 0 bridgehead atoms. The van der Waals surface area contributed by atoms with Gasteiger partial charge >= 0.3 is 5.97 Å². The van der Waals surface area contributed by atoms with Gasteiger partial charge in [-0.05, 0) is 6.07 Å². The molecule has 12 heteroatoms. The maximum atomic E-state index is 14.8. The van der Waals surface area contributed by atoms with E-state index in [9.17, 15) is 23.5 Å². The van der Waals surface area contributed by atoms with E-state index in [0.29, 0.717) is 13.1 Å². The number of benzene rings is 1. The number of hydrogen-bond donors (Lipinski definition) is 3. The first-order valence-electron chi connectivity index (χ1n) is 8.53. The molecule has 30 heavy (non-hydrogen) atoms. The van der Waals surface area contributed by atoms with Gasteiger partial charge in [-0.2, -0.15) is 0 Å². The zero-order chi connectivity index (χ0) is 21.9. The Morgan fingerprint density at radius 3 is 2.50 bits per heavy atom. The molecule has 0 aliphatic carbocycles. The topological polar surface area (TPSA) is 127 Å². The van der Waals surface area contributed by atoms with Crippen molar-refractivity contribution in [2.75, 3.05) is 23.7 Å². The van der Waals surface area contributed by atoms with Crippen molar-refractivity contribution >= 4 is 51.6 Å². The van der Waals surface area contributed by atoms with Crippen molar-refractivity contribution in [2.24, 2.45) is 5.73 Å². The van der Waals surface area contributed by atoms with Gasteiger partial charge in [0.2, 0.25) is 5.43 Å². The molecule has 1 fully saturated rings. The minimum Gasteiger partial charge on any atom is -0.477 e. The summed E-state index contributed by atoms with van der Waals surface area (Å²) < 4.78 is 29.7. The summed E-state index contributed by atoms with van der Waals surface area (Å²) in [6.45, 7) is 0.671. The van der Waals surface area contributed by atoms with Gasteiger partial charge in [0, 0.05) is 31.4 Å². The van der Waals surface area contributed by atoms with Gasteiger partial charge in [-0.1, -0.05) is 23.2 Å². The SMILES string of the molecule is Nc1nc(-n2cc(C(=O)O)c(=O)c3cc(F)c(N4CC(N)C4)c(Cl)c32)c(Cl)cc1F. The molecule has 0 amide bonds. The minimum absolute atomic E-state index is 0.00621. The van der Waals surface area contributed by atoms with Gasteiger partial charge in [0.05, 0.1) is 26.6 Å². The van der Waals surface area contributed by atoms with E-state index in [2.05, 4.69) is 4.98 Å². The molecule has 1 aromatic carbocycles. The zero-order valence-corrected chi connectivity index (χ0v) is 16.5. The third kappa shape index (κ3) is 3.04. The maximum absolute atomic E-state index is 14.8. The van der Waals surface area contributed by atoms with Gasteiger partial charge < -0.3 is 21.5 Å². The summed E-state index contributed by atoms with van der Waals surface area (Å²) in [6, 6.07) is 1.61. The van der Waals surface area contributed by atoms with E-state index in [1.165, 1.54) is 0 Å². The molecule has 3 aromatic rings. The Labute approximate surface area is 177 Å². The number of nitrogens with zero attached hydrogens (tertiary/aromatic N) is 3. The number of hydrogen-bond acceptors (Lipinski definition) is 6. The fraction of sp³-hybridized carbons (Fsp3) is 0.167. The summed E-state index contributed by atoms with van der Waals surface area (Å²) >= 11 is 12.6. The smallest absolute Gasteiger partial charge is 0.341 e. The van der Waals surface area contributed by atoms with Crippen LogP contribution < -0.4 is 21.8 Å². The Balaban J connectivity index is 2.14. The van der Waals surface area contributed by atoms with Crippen LogP contribution in [0.4, 0.5) is 20.3 Å². The standard InChI is InChI=1S/C18H13Cl2F2N5O3/c19-9-2-11(22)16(24)25-17(9)27-5-8(18(29)30)15(28)7-1-10(21)14(12(20)13(7)27)26-3-6(23)4-26/h1-2,5-6H,3-4,23H2,(H2,24,25)(H,29,30). The second-order valence-corrected chi connectivity index (χ2v) is 7.58. The number of nitrogen functional groups attached to an aromatic ring is 1. The molecule has 0 radical (unpaired) electrons. The molecule has 0 unspecified atom stereocenters. The van der Waals surface area contributed by atoms with Crippen LogP contribution in [-0.4, -0.2) is 39.8 Å². The lowest BCUT2D eigenvalue weighted by atomic mass is 10.1. The van der Waals surface area contributed by atoms with Crippen molar-refractivity contribution in [3.05, 3.63) is 55.8 Å². The Bertz CT molecular complexity index is 1290. The minimum atomic E-state index is -1.56. The summed E-state index contributed by atoms with van der Waals surface area (Å²) in [6.07, 6.45) is 0.938. The summed E-state index contributed by atoms with van der Waals surface area (Å²) in [5.41, 5.74) is 9.60. The number of fused-ring (bicyclic) bond motifs is 1. The van der Waals surface area contributed by atoms with E-state index in [1.54, 1.807) is 4.90 Å². The second kappa shape index (κ2) is 7.08. The summed E-state index contributed by atoms with van der Waals surface area (Å²) in [5.74, 6) is -3.95. The van der Waals surface area contributed by atoms with Crippen LogP contribution >= 0.6 is 23.2 Å². The van der Waals surface area contributed by atoms with E-state index in [0.717, 1.165) is 22.9 Å². The molecule has 2 aromatic heterocycles. The van der Waals surface area contributed by atoms with Gasteiger partial charge in [0.1, 0.15) is 11.4 Å². The number of carboxylic acid groups (broad SMARTS) is 1. The number of nitrogens with two attached hydrogens (primary N) is 2. The second-order valence-electron chi connectivity index (χ2n) is 6.79. The van der Waals surface area contributed by atoms with E-state index in [4.69, 9.17) is 34.7 Å². The van der Waals surface area contributed by atoms with Gasteiger partial charge in [-0.25, -0.2) is 18.6 Å². The maximum Gasteiger partial charge on any atom is 0.341 e. The number of carbonyl (C=O) groups is 1. The predicted molar refractivity (Wildman–Crippen MR) is 109 cm³/mol. The molecule has 1 aliphatic heterocycles. The lowest BCUT2D eigenvalue weighted by Gasteiger charge is -2.39. The van der Waals surface area contributed by atoms with Crippen molar-refractivity contribution in [1.82, 2.24) is 9.55 Å². The average molecular weight is 456 g/mol. The highest BCUT2D eigenvalue weighted by Crippen LogP contribution is 2.39. The van der Waals surface area contributed by atoms with Crippen LogP contribution in [0.2, 0.25) is 10.0 Å². The molecule has 8 nitrogen and oxygen atoms in total. The molecule has 156 valence electrons. The van der Waals surface area contributed by atoms with Crippen LogP contribution in [0.25, 0.3) is 16.7 Å². The third-order valence-corrected chi connectivity index (χ3v) is 5.42.